The summed E-state index contributed by atoms with van der Waals surface area (Å²) in [7, 11) is 0.287. The predicted molar refractivity (Wildman–Crippen MR) is 83.0 cm³/mol. The average molecular weight is 300 g/mol. The van der Waals surface area contributed by atoms with E-state index in [1.54, 1.807) is 6.07 Å². The molecule has 1 unspecified atom stereocenters. The third-order valence-corrected chi connectivity index (χ3v) is 3.97. The van der Waals surface area contributed by atoms with Crippen molar-refractivity contribution in [3.63, 3.8) is 0 Å². The zero-order valence-electron chi connectivity index (χ0n) is 12.4. The van der Waals surface area contributed by atoms with Crippen LogP contribution in [0.5, 0.6) is 0 Å². The molecule has 1 aromatic carbocycles. The van der Waals surface area contributed by atoms with E-state index in [-0.39, 0.29) is 10.9 Å². The van der Waals surface area contributed by atoms with Crippen molar-refractivity contribution in [2.24, 2.45) is 11.1 Å². The molecule has 0 aliphatic carbocycles. The van der Waals surface area contributed by atoms with Crippen LogP contribution in [0.4, 0.5) is 11.4 Å². The summed E-state index contributed by atoms with van der Waals surface area (Å²) in [6.07, 6.45) is 0. The van der Waals surface area contributed by atoms with Gasteiger partial charge in [-0.3, -0.25) is 0 Å². The van der Waals surface area contributed by atoms with Crippen molar-refractivity contribution in [1.29, 1.82) is 0 Å². The van der Waals surface area contributed by atoms with Gasteiger partial charge in [-0.25, -0.2) is 13.6 Å². The van der Waals surface area contributed by atoms with E-state index in [0.29, 0.717) is 11.6 Å². The van der Waals surface area contributed by atoms with Crippen LogP contribution in [0.1, 0.15) is 13.8 Å². The number of anilines is 2. The normalized spacial score (nSPS) is 13.8. The van der Waals surface area contributed by atoms with Crippen LogP contribution >= 0.6 is 0 Å². The fourth-order valence-corrected chi connectivity index (χ4v) is 2.41. The minimum absolute atomic E-state index is 0.0225. The lowest BCUT2D eigenvalue weighted by atomic mass is 10.0. The first-order chi connectivity index (χ1) is 9.11. The molecule has 0 heterocycles. The van der Waals surface area contributed by atoms with Gasteiger partial charge in [-0.15, -0.1) is 0 Å². The lowest BCUT2D eigenvalue weighted by Crippen LogP contribution is -2.36. The van der Waals surface area contributed by atoms with Crippen molar-refractivity contribution in [3.8, 4) is 0 Å². The van der Waals surface area contributed by atoms with E-state index in [1.807, 2.05) is 14.1 Å². The number of hydrogen-bond acceptors (Lipinski definition) is 5. The van der Waals surface area contributed by atoms with Gasteiger partial charge >= 0.3 is 0 Å². The lowest BCUT2D eigenvalue weighted by Gasteiger charge is -2.27. The molecule has 5 N–H and O–H groups in total. The molecule has 7 heteroatoms. The summed E-state index contributed by atoms with van der Waals surface area (Å²) in [5.74, 6) is 0.412. The third-order valence-electron chi connectivity index (χ3n) is 3.06. The van der Waals surface area contributed by atoms with Crippen molar-refractivity contribution < 1.29 is 8.42 Å². The molecule has 0 saturated carbocycles. The van der Waals surface area contributed by atoms with E-state index in [1.165, 1.54) is 12.1 Å². The van der Waals surface area contributed by atoms with E-state index in [4.69, 9.17) is 10.9 Å². The topological polar surface area (TPSA) is 101 Å². The Labute approximate surface area is 121 Å². The van der Waals surface area contributed by atoms with E-state index < -0.39 is 10.0 Å². The average Bonchev–Trinajstić information content (AvgIpc) is 2.28. The van der Waals surface area contributed by atoms with Gasteiger partial charge in [-0.05, 0) is 38.2 Å². The zero-order valence-corrected chi connectivity index (χ0v) is 13.2. The number of nitrogens with one attached hydrogen (secondary N) is 1. The summed E-state index contributed by atoms with van der Waals surface area (Å²) in [5.41, 5.74) is 7.00. The molecule has 0 radical (unpaired) electrons. The van der Waals surface area contributed by atoms with Crippen molar-refractivity contribution in [1.82, 2.24) is 4.90 Å². The molecule has 0 aromatic heterocycles. The molecule has 0 bridgehead atoms. The molecule has 0 aliphatic rings. The van der Waals surface area contributed by atoms with Crippen molar-refractivity contribution in [2.75, 3.05) is 31.7 Å². The molecule has 6 nitrogen and oxygen atoms in total. The Morgan fingerprint density at radius 2 is 1.90 bits per heavy atom. The second kappa shape index (κ2) is 6.43. The maximum atomic E-state index is 11.3. The third kappa shape index (κ3) is 4.66. The first kappa shape index (κ1) is 16.7. The van der Waals surface area contributed by atoms with Crippen LogP contribution in [0.2, 0.25) is 0 Å². The summed E-state index contributed by atoms with van der Waals surface area (Å²) >= 11 is 0. The molecule has 0 amide bonds. The monoisotopic (exact) mass is 300 g/mol. The highest BCUT2D eigenvalue weighted by Gasteiger charge is 2.16. The molecule has 0 fully saturated rings. The summed E-state index contributed by atoms with van der Waals surface area (Å²) in [6, 6.07) is 4.71. The summed E-state index contributed by atoms with van der Waals surface area (Å²) in [4.78, 5) is 2.11. The van der Waals surface area contributed by atoms with Gasteiger partial charge in [0.25, 0.3) is 0 Å². The van der Waals surface area contributed by atoms with E-state index in [0.717, 1.165) is 12.2 Å². The Hall–Kier alpha value is -1.31. The van der Waals surface area contributed by atoms with E-state index >= 15 is 0 Å². The summed E-state index contributed by atoms with van der Waals surface area (Å²) < 4.78 is 22.5. The first-order valence-electron chi connectivity index (χ1n) is 6.45. The lowest BCUT2D eigenvalue weighted by molar-refractivity contribution is 0.344. The Balaban J connectivity index is 2.97. The van der Waals surface area contributed by atoms with Crippen LogP contribution < -0.4 is 16.2 Å². The molecular weight excluding hydrogens is 276 g/mol. The fraction of sp³-hybridized carbons (Fsp3) is 0.538. The highest BCUT2D eigenvalue weighted by Crippen LogP contribution is 2.24. The predicted octanol–water partition coefficient (Wildman–Crippen LogP) is 0.914. The minimum Gasteiger partial charge on any atom is -0.397 e. The van der Waals surface area contributed by atoms with Gasteiger partial charge in [0, 0.05) is 12.6 Å². The van der Waals surface area contributed by atoms with Crippen molar-refractivity contribution in [3.05, 3.63) is 18.2 Å². The maximum absolute atomic E-state index is 11.3. The second-order valence-corrected chi connectivity index (χ2v) is 7.11. The van der Waals surface area contributed by atoms with Gasteiger partial charge in [-0.1, -0.05) is 13.8 Å². The van der Waals surface area contributed by atoms with E-state index in [9.17, 15) is 8.42 Å². The number of nitrogens with two attached hydrogens (primary N) is 2. The number of primary sulfonamides is 1. The van der Waals surface area contributed by atoms with Gasteiger partial charge < -0.3 is 16.0 Å². The molecule has 0 saturated heterocycles. The van der Waals surface area contributed by atoms with Gasteiger partial charge in [0.2, 0.25) is 10.0 Å². The highest BCUT2D eigenvalue weighted by atomic mass is 32.2. The number of hydrogen-bond donors (Lipinski definition) is 3. The van der Waals surface area contributed by atoms with Crippen LogP contribution in [0, 0.1) is 5.92 Å². The Bertz CT molecular complexity index is 555. The Kier molecular flexibility index (Phi) is 5.38. The zero-order chi connectivity index (χ0) is 15.5. The molecule has 114 valence electrons. The molecule has 0 spiro atoms. The van der Waals surface area contributed by atoms with Crippen LogP contribution in [0.25, 0.3) is 0 Å². The van der Waals surface area contributed by atoms with Crippen LogP contribution in [0.15, 0.2) is 23.1 Å². The summed E-state index contributed by atoms with van der Waals surface area (Å²) in [6.45, 7) is 5.10. The van der Waals surface area contributed by atoms with E-state index in [2.05, 4.69) is 24.1 Å². The largest absolute Gasteiger partial charge is 0.397 e. The Morgan fingerprint density at radius 3 is 2.30 bits per heavy atom. The Morgan fingerprint density at radius 1 is 1.30 bits per heavy atom. The van der Waals surface area contributed by atoms with Crippen molar-refractivity contribution >= 4 is 21.4 Å². The van der Waals surface area contributed by atoms with Gasteiger partial charge in [0.1, 0.15) is 0 Å². The van der Waals surface area contributed by atoms with Crippen LogP contribution in [0.3, 0.4) is 0 Å². The van der Waals surface area contributed by atoms with Gasteiger partial charge in [0.05, 0.1) is 16.3 Å². The van der Waals surface area contributed by atoms with Gasteiger partial charge in [0.15, 0.2) is 0 Å². The number of nitrogens with zero attached hydrogens (tertiary/aromatic N) is 1. The molecule has 20 heavy (non-hydrogen) atoms. The summed E-state index contributed by atoms with van der Waals surface area (Å²) in [5, 5.41) is 8.44. The number of benzene rings is 1. The standard InChI is InChI=1S/C13H24N4O2S/c1-9(2)13(8-17(3)4)16-12-6-5-10(7-11(12)14)20(15,18)19/h5-7,9,13,16H,8,14H2,1-4H3,(H2,15,18,19). The quantitative estimate of drug-likeness (QED) is 0.678. The fourth-order valence-electron chi connectivity index (χ4n) is 1.87. The number of nitrogen functional groups attached to an aromatic ring is 1. The maximum Gasteiger partial charge on any atom is 0.238 e. The molecule has 1 aromatic rings. The van der Waals surface area contributed by atoms with Gasteiger partial charge in [-0.2, -0.15) is 0 Å². The molecular formula is C13H24N4O2S. The number of likely N-dealkylation sites (N-methyl/N-ethyl adjacent to an activating group) is 1. The second-order valence-electron chi connectivity index (χ2n) is 5.55. The SMILES string of the molecule is CC(C)C(CN(C)C)Nc1ccc(S(N)(=O)=O)cc1N. The molecule has 1 rings (SSSR count). The molecule has 0 aliphatic heterocycles. The minimum atomic E-state index is -3.72. The highest BCUT2D eigenvalue weighted by molar-refractivity contribution is 7.89. The van der Waals surface area contributed by atoms with Crippen LogP contribution in [-0.4, -0.2) is 40.0 Å². The first-order valence-corrected chi connectivity index (χ1v) is 7.99. The van der Waals surface area contributed by atoms with Crippen molar-refractivity contribution in [2.45, 2.75) is 24.8 Å². The number of rotatable bonds is 6. The number of sulfonamides is 1. The smallest absolute Gasteiger partial charge is 0.238 e. The molecule has 1 atom stereocenters. The van der Waals surface area contributed by atoms with Crippen LogP contribution in [-0.2, 0) is 10.0 Å².